The Balaban J connectivity index is 2.08. The summed E-state index contributed by atoms with van der Waals surface area (Å²) in [6.45, 7) is 7.72. The van der Waals surface area contributed by atoms with Crippen molar-refractivity contribution in [3.63, 3.8) is 0 Å². The molecule has 0 aliphatic carbocycles. The van der Waals surface area contributed by atoms with Crippen LogP contribution in [-0.4, -0.2) is 33.2 Å². The Morgan fingerprint density at radius 1 is 1.11 bits per heavy atom. The summed E-state index contributed by atoms with van der Waals surface area (Å²) in [6, 6.07) is 13.5. The molecular weight excluding hydrogens is 364 g/mol. The molecule has 0 saturated carbocycles. The van der Waals surface area contributed by atoms with E-state index >= 15 is 0 Å². The van der Waals surface area contributed by atoms with E-state index < -0.39 is 10.0 Å². The lowest BCUT2D eigenvalue weighted by atomic mass is 10.2. The summed E-state index contributed by atoms with van der Waals surface area (Å²) in [5, 5.41) is 2.80. The van der Waals surface area contributed by atoms with Gasteiger partial charge in [-0.3, -0.25) is 9.10 Å². The van der Waals surface area contributed by atoms with Crippen molar-refractivity contribution in [2.75, 3.05) is 28.5 Å². The molecule has 7 heteroatoms. The molecule has 0 unspecified atom stereocenters. The number of hydrogen-bond acceptors (Lipinski definition) is 4. The van der Waals surface area contributed by atoms with Gasteiger partial charge in [0.25, 0.3) is 5.91 Å². The Hall–Kier alpha value is -2.80. The molecule has 0 aliphatic rings. The Kier molecular flexibility index (Phi) is 7.01. The first-order valence-electron chi connectivity index (χ1n) is 8.66. The van der Waals surface area contributed by atoms with E-state index in [0.29, 0.717) is 35.8 Å². The van der Waals surface area contributed by atoms with Crippen LogP contribution in [0.1, 0.15) is 24.2 Å². The number of nitrogens with one attached hydrogen (secondary N) is 1. The van der Waals surface area contributed by atoms with Gasteiger partial charge in [0.15, 0.2) is 0 Å². The molecule has 2 rings (SSSR count). The number of sulfonamides is 1. The summed E-state index contributed by atoms with van der Waals surface area (Å²) < 4.78 is 31.0. The van der Waals surface area contributed by atoms with E-state index in [4.69, 9.17) is 4.74 Å². The predicted octanol–water partition coefficient (Wildman–Crippen LogP) is 3.68. The average molecular weight is 388 g/mol. The second-order valence-corrected chi connectivity index (χ2v) is 7.87. The Morgan fingerprint density at radius 2 is 1.74 bits per heavy atom. The Bertz CT molecular complexity index is 875. The van der Waals surface area contributed by atoms with E-state index in [9.17, 15) is 13.2 Å². The maximum atomic E-state index is 12.4. The van der Waals surface area contributed by atoms with Crippen molar-refractivity contribution in [2.45, 2.75) is 13.8 Å². The third-order valence-corrected chi connectivity index (χ3v) is 5.76. The Labute approximate surface area is 160 Å². The molecule has 2 aromatic carbocycles. The molecule has 0 spiro atoms. The molecule has 0 atom stereocenters. The number of carbonyl (C=O) groups is 1. The smallest absolute Gasteiger partial charge is 0.255 e. The van der Waals surface area contributed by atoms with Crippen LogP contribution in [0.4, 0.5) is 11.4 Å². The summed E-state index contributed by atoms with van der Waals surface area (Å²) in [5.74, 6) is 0.437. The highest BCUT2D eigenvalue weighted by Crippen LogP contribution is 2.20. The number of anilines is 2. The third kappa shape index (κ3) is 5.34. The lowest BCUT2D eigenvalue weighted by Crippen LogP contribution is -2.32. The molecule has 6 nitrogen and oxygen atoms in total. The number of ether oxygens (including phenoxy) is 1. The minimum Gasteiger partial charge on any atom is -0.490 e. The van der Waals surface area contributed by atoms with E-state index in [2.05, 4.69) is 11.9 Å². The number of hydrogen-bond donors (Lipinski definition) is 1. The fraction of sp³-hybridized carbons (Fsp3) is 0.250. The fourth-order valence-corrected chi connectivity index (χ4v) is 3.62. The molecule has 0 saturated heterocycles. The van der Waals surface area contributed by atoms with Gasteiger partial charge in [0, 0.05) is 17.8 Å². The molecule has 0 aliphatic heterocycles. The Morgan fingerprint density at radius 3 is 2.26 bits per heavy atom. The van der Waals surface area contributed by atoms with Crippen LogP contribution in [0.5, 0.6) is 5.75 Å². The quantitative estimate of drug-likeness (QED) is 0.665. The van der Waals surface area contributed by atoms with Crippen LogP contribution >= 0.6 is 0 Å². The van der Waals surface area contributed by atoms with Gasteiger partial charge < -0.3 is 10.1 Å². The number of rotatable bonds is 9. The fourth-order valence-electron chi connectivity index (χ4n) is 2.47. The second-order valence-electron chi connectivity index (χ2n) is 5.69. The summed E-state index contributed by atoms with van der Waals surface area (Å²) >= 11 is 0. The highest BCUT2D eigenvalue weighted by atomic mass is 32.2. The van der Waals surface area contributed by atoms with E-state index in [0.717, 1.165) is 0 Å². The van der Waals surface area contributed by atoms with Gasteiger partial charge in [-0.15, -0.1) is 0 Å². The van der Waals surface area contributed by atoms with Gasteiger partial charge in [0.05, 0.1) is 11.4 Å². The van der Waals surface area contributed by atoms with E-state index in [-0.39, 0.29) is 11.7 Å². The first-order chi connectivity index (χ1) is 12.9. The van der Waals surface area contributed by atoms with Crippen molar-refractivity contribution in [1.82, 2.24) is 0 Å². The van der Waals surface area contributed by atoms with Crippen LogP contribution in [0.3, 0.4) is 0 Å². The van der Waals surface area contributed by atoms with Gasteiger partial charge in [0.2, 0.25) is 10.0 Å². The third-order valence-electron chi connectivity index (χ3n) is 3.89. The van der Waals surface area contributed by atoms with Gasteiger partial charge in [0.1, 0.15) is 12.4 Å². The van der Waals surface area contributed by atoms with Crippen molar-refractivity contribution < 1.29 is 17.9 Å². The summed E-state index contributed by atoms with van der Waals surface area (Å²) in [6.07, 6.45) is 1.66. The molecule has 144 valence electrons. The minimum atomic E-state index is -3.34. The number of benzene rings is 2. The van der Waals surface area contributed by atoms with Crippen molar-refractivity contribution in [1.29, 1.82) is 0 Å². The van der Waals surface area contributed by atoms with Crippen molar-refractivity contribution in [3.8, 4) is 5.75 Å². The highest BCUT2D eigenvalue weighted by Gasteiger charge is 2.19. The zero-order valence-corrected chi connectivity index (χ0v) is 16.3. The number of amides is 1. The lowest BCUT2D eigenvalue weighted by molar-refractivity contribution is 0.102. The highest BCUT2D eigenvalue weighted by molar-refractivity contribution is 7.92. The molecule has 1 amide bonds. The second kappa shape index (κ2) is 9.23. The predicted molar refractivity (Wildman–Crippen MR) is 109 cm³/mol. The van der Waals surface area contributed by atoms with E-state index in [1.807, 2.05) is 0 Å². The topological polar surface area (TPSA) is 75.7 Å². The molecule has 27 heavy (non-hydrogen) atoms. The van der Waals surface area contributed by atoms with Crippen LogP contribution in [0.2, 0.25) is 0 Å². The molecule has 0 bridgehead atoms. The SMILES string of the molecule is C=CCOc1ccc(NC(=O)c2ccc(N(CC)S(=O)(=O)CC)cc2)cc1. The van der Waals surface area contributed by atoms with Gasteiger partial charge in [-0.2, -0.15) is 0 Å². The molecule has 0 fully saturated rings. The molecule has 1 N–H and O–H groups in total. The zero-order chi connectivity index (χ0) is 19.9. The minimum absolute atomic E-state index is 0.0234. The van der Waals surface area contributed by atoms with Gasteiger partial charge in [-0.05, 0) is 62.4 Å². The summed E-state index contributed by atoms with van der Waals surface area (Å²) in [5.41, 5.74) is 1.62. The molecule has 0 heterocycles. The maximum Gasteiger partial charge on any atom is 0.255 e. The van der Waals surface area contributed by atoms with Crippen molar-refractivity contribution in [2.24, 2.45) is 0 Å². The van der Waals surface area contributed by atoms with E-state index in [1.54, 1.807) is 68.5 Å². The lowest BCUT2D eigenvalue weighted by Gasteiger charge is -2.22. The molecule has 2 aromatic rings. The van der Waals surface area contributed by atoms with Crippen LogP contribution in [0.15, 0.2) is 61.2 Å². The van der Waals surface area contributed by atoms with Crippen LogP contribution in [-0.2, 0) is 10.0 Å². The van der Waals surface area contributed by atoms with E-state index in [1.165, 1.54) is 4.31 Å². The van der Waals surface area contributed by atoms with Crippen molar-refractivity contribution in [3.05, 3.63) is 66.7 Å². The largest absolute Gasteiger partial charge is 0.490 e. The number of nitrogens with zero attached hydrogens (tertiary/aromatic N) is 1. The maximum absolute atomic E-state index is 12.4. The summed E-state index contributed by atoms with van der Waals surface area (Å²) in [7, 11) is -3.34. The van der Waals surface area contributed by atoms with Crippen LogP contribution in [0, 0.1) is 0 Å². The summed E-state index contributed by atoms with van der Waals surface area (Å²) in [4.78, 5) is 12.4. The normalized spacial score (nSPS) is 10.9. The standard InChI is InChI=1S/C20H24N2O4S/c1-4-15-26-19-13-9-17(10-14-19)21-20(23)16-7-11-18(12-8-16)22(5-2)27(24,25)6-3/h4,7-14H,1,5-6,15H2,2-3H3,(H,21,23). The average Bonchev–Trinajstić information content (AvgIpc) is 2.68. The van der Waals surface area contributed by atoms with Gasteiger partial charge in [-0.1, -0.05) is 12.7 Å². The molecular formula is C20H24N2O4S. The monoisotopic (exact) mass is 388 g/mol. The molecule has 0 aromatic heterocycles. The van der Waals surface area contributed by atoms with Crippen LogP contribution < -0.4 is 14.4 Å². The van der Waals surface area contributed by atoms with Crippen molar-refractivity contribution >= 4 is 27.3 Å². The number of carbonyl (C=O) groups excluding carboxylic acids is 1. The molecule has 0 radical (unpaired) electrons. The van der Waals surface area contributed by atoms with Gasteiger partial charge in [-0.25, -0.2) is 8.42 Å². The zero-order valence-electron chi connectivity index (χ0n) is 15.5. The first kappa shape index (κ1) is 20.5. The first-order valence-corrected chi connectivity index (χ1v) is 10.3. The van der Waals surface area contributed by atoms with Gasteiger partial charge >= 0.3 is 0 Å². The van der Waals surface area contributed by atoms with Crippen LogP contribution in [0.25, 0.3) is 0 Å².